The maximum absolute atomic E-state index is 12.6. The van der Waals surface area contributed by atoms with Gasteiger partial charge in [-0.1, -0.05) is 32.8 Å². The molecule has 0 unspecified atom stereocenters. The summed E-state index contributed by atoms with van der Waals surface area (Å²) in [6.45, 7) is 7.42. The molecule has 34 heavy (non-hydrogen) atoms. The van der Waals surface area contributed by atoms with E-state index in [4.69, 9.17) is 13.9 Å². The van der Waals surface area contributed by atoms with Gasteiger partial charge in [-0.2, -0.15) is 0 Å². The number of benzene rings is 2. The Morgan fingerprint density at radius 3 is 2.35 bits per heavy atom. The van der Waals surface area contributed by atoms with Crippen molar-refractivity contribution in [1.82, 2.24) is 0 Å². The van der Waals surface area contributed by atoms with Gasteiger partial charge in [-0.3, -0.25) is 9.59 Å². The van der Waals surface area contributed by atoms with E-state index in [0.717, 1.165) is 24.5 Å². The van der Waals surface area contributed by atoms with E-state index in [1.165, 1.54) is 6.92 Å². The summed E-state index contributed by atoms with van der Waals surface area (Å²) in [6.07, 6.45) is 2.72. The van der Waals surface area contributed by atoms with E-state index >= 15 is 0 Å². The number of aryl methyl sites for hydroxylation is 1. The summed E-state index contributed by atoms with van der Waals surface area (Å²) in [6, 6.07) is 7.88. The maximum Gasteiger partial charge on any atom is 0.374 e. The molecular weight excluding hydrogens is 436 g/mol. The fourth-order valence-electron chi connectivity index (χ4n) is 3.96. The molecule has 0 aliphatic heterocycles. The number of esters is 1. The molecule has 0 saturated carbocycles. The highest BCUT2D eigenvalue weighted by atomic mass is 16.5. The van der Waals surface area contributed by atoms with Crippen molar-refractivity contribution in [1.29, 1.82) is 0 Å². The Morgan fingerprint density at radius 2 is 1.71 bits per heavy atom. The van der Waals surface area contributed by atoms with Gasteiger partial charge in [0.25, 0.3) is 0 Å². The molecule has 3 aromatic rings. The second-order valence-electron chi connectivity index (χ2n) is 8.06. The van der Waals surface area contributed by atoms with Crippen LogP contribution >= 0.6 is 0 Å². The van der Waals surface area contributed by atoms with Crippen LogP contribution in [-0.2, 0) is 24.2 Å². The van der Waals surface area contributed by atoms with E-state index in [0.29, 0.717) is 40.7 Å². The lowest BCUT2D eigenvalue weighted by molar-refractivity contribution is 0.0490. The summed E-state index contributed by atoms with van der Waals surface area (Å²) in [4.78, 5) is 36.6. The molecule has 180 valence electrons. The lowest BCUT2D eigenvalue weighted by atomic mass is 9.97. The third kappa shape index (κ3) is 5.14. The lowest BCUT2D eigenvalue weighted by Gasteiger charge is -2.17. The predicted molar refractivity (Wildman–Crippen MR) is 129 cm³/mol. The summed E-state index contributed by atoms with van der Waals surface area (Å²) in [5, 5.41) is 11.0. The molecule has 0 amide bonds. The topological polar surface area (TPSA) is 103 Å². The average molecular weight is 467 g/mol. The van der Waals surface area contributed by atoms with Crippen LogP contribution in [0.1, 0.15) is 78.1 Å². The molecule has 0 radical (unpaired) electrons. The zero-order chi connectivity index (χ0) is 24.8. The van der Waals surface area contributed by atoms with Gasteiger partial charge < -0.3 is 19.0 Å². The summed E-state index contributed by atoms with van der Waals surface area (Å²) >= 11 is 0. The van der Waals surface area contributed by atoms with Crippen molar-refractivity contribution >= 4 is 22.7 Å². The summed E-state index contributed by atoms with van der Waals surface area (Å²) in [5.41, 5.74) is 2.40. The zero-order valence-corrected chi connectivity index (χ0v) is 20.0. The molecule has 7 heteroatoms. The van der Waals surface area contributed by atoms with Crippen LogP contribution in [0, 0.1) is 0 Å². The Kier molecular flexibility index (Phi) is 8.10. The van der Waals surface area contributed by atoms with Crippen LogP contribution in [0.4, 0.5) is 0 Å². The number of hydrogen-bond acceptors (Lipinski definition) is 7. The largest absolute Gasteiger partial charge is 0.507 e. The number of hydrogen-bond donors (Lipinski definition) is 1. The molecule has 0 bridgehead atoms. The van der Waals surface area contributed by atoms with E-state index in [1.807, 2.05) is 13.8 Å². The highest BCUT2D eigenvalue weighted by Gasteiger charge is 2.19. The molecule has 7 nitrogen and oxygen atoms in total. The minimum Gasteiger partial charge on any atom is -0.507 e. The first-order valence-electron chi connectivity index (χ1n) is 11.6. The smallest absolute Gasteiger partial charge is 0.374 e. The number of aromatic hydroxyl groups is 1. The SMILES string of the molecule is CCCc1c(COc2ccc3c(=O)cc(C(=O)OCC)oc3c2CCC)ccc(C(C)=O)c1O. The Bertz CT molecular complexity index is 1270. The van der Waals surface area contributed by atoms with Crippen LogP contribution in [-0.4, -0.2) is 23.5 Å². The van der Waals surface area contributed by atoms with Gasteiger partial charge >= 0.3 is 5.97 Å². The second kappa shape index (κ2) is 11.0. The van der Waals surface area contributed by atoms with Crippen molar-refractivity contribution in [2.75, 3.05) is 6.61 Å². The molecule has 3 rings (SSSR count). The number of ether oxygens (including phenoxy) is 2. The standard InChI is InChI=1S/C27H30O7/c1-5-8-19-17(10-11-18(16(4)28)25(19)30)15-33-23-13-12-20-22(29)14-24(27(31)32-7-3)34-26(20)21(23)9-6-2/h10-14,30H,5-9,15H2,1-4H3. The maximum atomic E-state index is 12.6. The van der Waals surface area contributed by atoms with E-state index < -0.39 is 5.97 Å². The molecule has 1 heterocycles. The quantitative estimate of drug-likeness (QED) is 0.317. The van der Waals surface area contributed by atoms with Crippen molar-refractivity contribution in [2.45, 2.75) is 60.0 Å². The molecule has 0 fully saturated rings. The summed E-state index contributed by atoms with van der Waals surface area (Å²) in [7, 11) is 0. The van der Waals surface area contributed by atoms with Gasteiger partial charge in [-0.15, -0.1) is 0 Å². The number of phenols is 1. The first-order valence-corrected chi connectivity index (χ1v) is 11.6. The number of carbonyl (C=O) groups excluding carboxylic acids is 2. The van der Waals surface area contributed by atoms with Crippen molar-refractivity contribution in [3.05, 3.63) is 68.6 Å². The molecule has 1 aromatic heterocycles. The van der Waals surface area contributed by atoms with Gasteiger partial charge in [0.2, 0.25) is 5.76 Å². The van der Waals surface area contributed by atoms with Gasteiger partial charge in [0.15, 0.2) is 11.2 Å². The molecule has 1 N–H and O–H groups in total. The second-order valence-corrected chi connectivity index (χ2v) is 8.06. The number of carbonyl (C=O) groups is 2. The van der Waals surface area contributed by atoms with E-state index in [2.05, 4.69) is 0 Å². The van der Waals surface area contributed by atoms with Crippen molar-refractivity contribution in [3.8, 4) is 11.5 Å². The molecule has 0 aliphatic carbocycles. The first-order chi connectivity index (χ1) is 16.3. The van der Waals surface area contributed by atoms with Crippen LogP contribution in [0.25, 0.3) is 11.0 Å². The van der Waals surface area contributed by atoms with Gasteiger partial charge in [-0.25, -0.2) is 4.79 Å². The van der Waals surface area contributed by atoms with Crippen LogP contribution < -0.4 is 10.2 Å². The van der Waals surface area contributed by atoms with Crippen LogP contribution in [0.5, 0.6) is 11.5 Å². The Labute approximate surface area is 198 Å². The number of Topliss-reactive ketones (excluding diaryl/α,β-unsaturated/α-hetero) is 1. The third-order valence-corrected chi connectivity index (χ3v) is 5.58. The lowest BCUT2D eigenvalue weighted by Crippen LogP contribution is -2.11. The fraction of sp³-hybridized carbons (Fsp3) is 0.370. The summed E-state index contributed by atoms with van der Waals surface area (Å²) in [5.74, 6) is -0.525. The predicted octanol–water partition coefficient (Wildman–Crippen LogP) is 5.36. The van der Waals surface area contributed by atoms with Gasteiger partial charge in [0.05, 0.1) is 17.6 Å². The number of rotatable bonds is 10. The number of fused-ring (bicyclic) bond motifs is 1. The molecule has 0 atom stereocenters. The Hall–Kier alpha value is -3.61. The minimum atomic E-state index is -0.694. The third-order valence-electron chi connectivity index (χ3n) is 5.58. The molecule has 0 spiro atoms. The average Bonchev–Trinajstić information content (AvgIpc) is 2.80. The highest BCUT2D eigenvalue weighted by Crippen LogP contribution is 2.32. The van der Waals surface area contributed by atoms with Crippen molar-refractivity contribution < 1.29 is 28.6 Å². The van der Waals surface area contributed by atoms with Crippen LogP contribution in [0.2, 0.25) is 0 Å². The molecule has 0 aliphatic rings. The Balaban J connectivity index is 2.04. The van der Waals surface area contributed by atoms with E-state index in [1.54, 1.807) is 31.2 Å². The fourth-order valence-corrected chi connectivity index (χ4v) is 3.96. The van der Waals surface area contributed by atoms with Gasteiger partial charge in [0.1, 0.15) is 23.7 Å². The highest BCUT2D eigenvalue weighted by molar-refractivity contribution is 5.97. The molecule has 0 saturated heterocycles. The van der Waals surface area contributed by atoms with E-state index in [9.17, 15) is 19.5 Å². The zero-order valence-electron chi connectivity index (χ0n) is 20.0. The van der Waals surface area contributed by atoms with Crippen LogP contribution in [0.3, 0.4) is 0 Å². The normalized spacial score (nSPS) is 10.9. The summed E-state index contributed by atoms with van der Waals surface area (Å²) < 4.78 is 17.0. The number of phenolic OH excluding ortho intramolecular Hbond substituents is 1. The van der Waals surface area contributed by atoms with Gasteiger partial charge in [-0.05, 0) is 50.5 Å². The molecule has 2 aromatic carbocycles. The van der Waals surface area contributed by atoms with Crippen molar-refractivity contribution in [3.63, 3.8) is 0 Å². The Morgan fingerprint density at radius 1 is 1.00 bits per heavy atom. The first kappa shape index (κ1) is 25.0. The molecular formula is C27H30O7. The van der Waals surface area contributed by atoms with Gasteiger partial charge in [0, 0.05) is 17.2 Å². The van der Waals surface area contributed by atoms with Crippen LogP contribution in [0.15, 0.2) is 39.5 Å². The van der Waals surface area contributed by atoms with Crippen molar-refractivity contribution in [2.24, 2.45) is 0 Å². The number of ketones is 1. The van der Waals surface area contributed by atoms with E-state index in [-0.39, 0.29) is 41.5 Å². The monoisotopic (exact) mass is 466 g/mol. The minimum absolute atomic E-state index is 0.00665.